The van der Waals surface area contributed by atoms with Gasteiger partial charge in [-0.05, 0) is 45.1 Å². The third-order valence-electron chi connectivity index (χ3n) is 3.28. The Balaban J connectivity index is 2.58. The van der Waals surface area contributed by atoms with Gasteiger partial charge >= 0.3 is 5.97 Å². The van der Waals surface area contributed by atoms with Gasteiger partial charge in [0.1, 0.15) is 5.69 Å². The van der Waals surface area contributed by atoms with Crippen molar-refractivity contribution >= 4 is 23.9 Å². The molecule has 0 aliphatic heterocycles. The molecule has 1 heterocycles. The normalized spacial score (nSPS) is 10.6. The smallest absolute Gasteiger partial charge is 0.359 e. The van der Waals surface area contributed by atoms with Crippen molar-refractivity contribution in [2.45, 2.75) is 13.3 Å². The number of aromatic nitrogens is 2. The number of benzene rings is 1. The third kappa shape index (κ3) is 3.78. The highest BCUT2D eigenvalue weighted by molar-refractivity contribution is 6.30. The molecular weight excluding hydrogens is 318 g/mol. The maximum absolute atomic E-state index is 12.1. The molecule has 0 fully saturated rings. The first-order valence-electron chi connectivity index (χ1n) is 7.27. The lowest BCUT2D eigenvalue weighted by Gasteiger charge is -2.05. The van der Waals surface area contributed by atoms with Crippen LogP contribution < -0.4 is 5.32 Å². The Morgan fingerprint density at radius 2 is 2.26 bits per heavy atom. The summed E-state index contributed by atoms with van der Waals surface area (Å²) >= 11 is 6.00. The lowest BCUT2D eigenvalue weighted by atomic mass is 10.1. The number of halogens is 1. The maximum atomic E-state index is 12.1. The predicted molar refractivity (Wildman–Crippen MR) is 87.5 cm³/mol. The van der Waals surface area contributed by atoms with Crippen molar-refractivity contribution in [1.29, 1.82) is 0 Å². The molecule has 0 atom stereocenters. The summed E-state index contributed by atoms with van der Waals surface area (Å²) in [5.74, 6) is -0.539. The van der Waals surface area contributed by atoms with Crippen molar-refractivity contribution < 1.29 is 14.3 Å². The van der Waals surface area contributed by atoms with Crippen LogP contribution in [0.4, 0.5) is 0 Å². The average Bonchev–Trinajstić information content (AvgIpc) is 2.91. The Kier molecular flexibility index (Phi) is 5.90. The van der Waals surface area contributed by atoms with Crippen molar-refractivity contribution in [3.63, 3.8) is 0 Å². The van der Waals surface area contributed by atoms with E-state index in [1.54, 1.807) is 38.2 Å². The summed E-state index contributed by atoms with van der Waals surface area (Å²) in [6.45, 7) is 2.57. The number of nitrogens with one attached hydrogen (secondary N) is 1. The Bertz CT molecular complexity index is 713. The molecule has 0 radical (unpaired) electrons. The van der Waals surface area contributed by atoms with Gasteiger partial charge in [0.25, 0.3) is 0 Å². The standard InChI is InChI=1S/C16H18ClN3O3/c1-3-23-16(22)15-13(7-8-18-2)14(10-21)20(19-15)12-6-4-5-11(17)9-12/h4-6,9-10,18H,3,7-8H2,1-2H3. The fourth-order valence-corrected chi connectivity index (χ4v) is 2.43. The van der Waals surface area contributed by atoms with Gasteiger partial charge in [-0.25, -0.2) is 9.48 Å². The largest absolute Gasteiger partial charge is 0.461 e. The zero-order valence-corrected chi connectivity index (χ0v) is 13.8. The molecule has 122 valence electrons. The summed E-state index contributed by atoms with van der Waals surface area (Å²) in [6, 6.07) is 6.93. The van der Waals surface area contributed by atoms with E-state index in [0.29, 0.717) is 41.2 Å². The molecule has 0 saturated carbocycles. The highest BCUT2D eigenvalue weighted by Crippen LogP contribution is 2.21. The second kappa shape index (κ2) is 7.89. The topological polar surface area (TPSA) is 73.2 Å². The number of likely N-dealkylation sites (N-methyl/N-ethyl adjacent to an activating group) is 1. The number of esters is 1. The lowest BCUT2D eigenvalue weighted by molar-refractivity contribution is 0.0517. The van der Waals surface area contributed by atoms with Crippen LogP contribution in [0, 0.1) is 0 Å². The molecule has 0 amide bonds. The van der Waals surface area contributed by atoms with Crippen LogP contribution in [0.25, 0.3) is 5.69 Å². The second-order valence-corrected chi connectivity index (χ2v) is 5.23. The van der Waals surface area contributed by atoms with Crippen LogP contribution in [0.2, 0.25) is 5.02 Å². The van der Waals surface area contributed by atoms with Gasteiger partial charge in [0.05, 0.1) is 12.3 Å². The summed E-state index contributed by atoms with van der Waals surface area (Å²) in [5.41, 5.74) is 1.66. The fourth-order valence-electron chi connectivity index (χ4n) is 2.25. The van der Waals surface area contributed by atoms with E-state index < -0.39 is 5.97 Å². The van der Waals surface area contributed by atoms with Crippen LogP contribution >= 0.6 is 11.6 Å². The highest BCUT2D eigenvalue weighted by atomic mass is 35.5. The van der Waals surface area contributed by atoms with Gasteiger partial charge in [-0.2, -0.15) is 5.10 Å². The van der Waals surface area contributed by atoms with E-state index in [9.17, 15) is 9.59 Å². The average molecular weight is 336 g/mol. The van der Waals surface area contributed by atoms with Crippen LogP contribution in [-0.4, -0.2) is 42.2 Å². The van der Waals surface area contributed by atoms with Crippen molar-refractivity contribution in [3.8, 4) is 5.69 Å². The Hall–Kier alpha value is -2.18. The van der Waals surface area contributed by atoms with Crippen LogP contribution in [0.15, 0.2) is 24.3 Å². The monoisotopic (exact) mass is 335 g/mol. The van der Waals surface area contributed by atoms with Crippen molar-refractivity contribution in [2.75, 3.05) is 20.2 Å². The summed E-state index contributed by atoms with van der Waals surface area (Å²) in [5, 5.41) is 7.80. The second-order valence-electron chi connectivity index (χ2n) is 4.80. The van der Waals surface area contributed by atoms with E-state index in [2.05, 4.69) is 10.4 Å². The van der Waals surface area contributed by atoms with E-state index in [1.807, 2.05) is 0 Å². The first-order valence-corrected chi connectivity index (χ1v) is 7.64. The van der Waals surface area contributed by atoms with E-state index in [4.69, 9.17) is 16.3 Å². The van der Waals surface area contributed by atoms with Crippen molar-refractivity contribution in [3.05, 3.63) is 46.2 Å². The molecule has 1 aromatic heterocycles. The molecule has 23 heavy (non-hydrogen) atoms. The first-order chi connectivity index (χ1) is 11.1. The maximum Gasteiger partial charge on any atom is 0.359 e. The van der Waals surface area contributed by atoms with Crippen molar-refractivity contribution in [2.24, 2.45) is 0 Å². The number of aldehydes is 1. The van der Waals surface area contributed by atoms with Crippen LogP contribution in [-0.2, 0) is 11.2 Å². The van der Waals surface area contributed by atoms with Gasteiger partial charge in [0.2, 0.25) is 0 Å². The van der Waals surface area contributed by atoms with Crippen LogP contribution in [0.1, 0.15) is 33.5 Å². The highest BCUT2D eigenvalue weighted by Gasteiger charge is 2.24. The minimum absolute atomic E-state index is 0.157. The molecule has 0 bridgehead atoms. The summed E-state index contributed by atoms with van der Waals surface area (Å²) in [7, 11) is 1.80. The molecule has 0 aliphatic carbocycles. The third-order valence-corrected chi connectivity index (χ3v) is 3.52. The Morgan fingerprint density at radius 1 is 1.48 bits per heavy atom. The fraction of sp³-hybridized carbons (Fsp3) is 0.312. The number of hydrogen-bond acceptors (Lipinski definition) is 5. The molecule has 2 rings (SSSR count). The summed E-state index contributed by atoms with van der Waals surface area (Å²) < 4.78 is 6.47. The quantitative estimate of drug-likeness (QED) is 0.620. The molecular formula is C16H18ClN3O3. The molecule has 2 aromatic rings. The van der Waals surface area contributed by atoms with Crippen LogP contribution in [0.3, 0.4) is 0 Å². The van der Waals surface area contributed by atoms with E-state index >= 15 is 0 Å². The summed E-state index contributed by atoms with van der Waals surface area (Å²) in [4.78, 5) is 23.7. The molecule has 0 spiro atoms. The minimum atomic E-state index is -0.539. The molecule has 1 aromatic carbocycles. The number of rotatable bonds is 7. The summed E-state index contributed by atoms with van der Waals surface area (Å²) in [6.07, 6.45) is 1.18. The molecule has 0 saturated heterocycles. The number of hydrogen-bond donors (Lipinski definition) is 1. The van der Waals surface area contributed by atoms with E-state index in [0.717, 1.165) is 0 Å². The Morgan fingerprint density at radius 3 is 2.87 bits per heavy atom. The zero-order chi connectivity index (χ0) is 16.8. The van der Waals surface area contributed by atoms with Gasteiger partial charge in [-0.1, -0.05) is 17.7 Å². The molecule has 1 N–H and O–H groups in total. The van der Waals surface area contributed by atoms with Crippen LogP contribution in [0.5, 0.6) is 0 Å². The zero-order valence-electron chi connectivity index (χ0n) is 13.0. The SMILES string of the molecule is CCOC(=O)c1nn(-c2cccc(Cl)c2)c(C=O)c1CCNC. The number of nitrogens with zero attached hydrogens (tertiary/aromatic N) is 2. The van der Waals surface area contributed by atoms with Gasteiger partial charge in [0.15, 0.2) is 12.0 Å². The van der Waals surface area contributed by atoms with Gasteiger partial charge in [-0.3, -0.25) is 4.79 Å². The van der Waals surface area contributed by atoms with Gasteiger partial charge < -0.3 is 10.1 Å². The molecule has 0 unspecified atom stereocenters. The van der Waals surface area contributed by atoms with Crippen molar-refractivity contribution in [1.82, 2.24) is 15.1 Å². The number of carbonyl (C=O) groups is 2. The molecule has 6 nitrogen and oxygen atoms in total. The number of ether oxygens (including phenoxy) is 1. The van der Waals surface area contributed by atoms with Gasteiger partial charge in [-0.15, -0.1) is 0 Å². The molecule has 0 aliphatic rings. The minimum Gasteiger partial charge on any atom is -0.461 e. The Labute approximate surface area is 139 Å². The predicted octanol–water partition coefficient (Wildman–Crippen LogP) is 2.28. The molecule has 7 heteroatoms. The van der Waals surface area contributed by atoms with Gasteiger partial charge in [0, 0.05) is 10.6 Å². The number of carbonyl (C=O) groups excluding carboxylic acids is 2. The first kappa shape index (κ1) is 17.2. The lowest BCUT2D eigenvalue weighted by Crippen LogP contribution is -2.14. The van der Waals surface area contributed by atoms with E-state index in [1.165, 1.54) is 4.68 Å². The van der Waals surface area contributed by atoms with E-state index in [-0.39, 0.29) is 12.3 Å².